The van der Waals surface area contributed by atoms with Gasteiger partial charge in [-0.3, -0.25) is 4.79 Å². The number of nitrogens with one attached hydrogen (secondary N) is 2. The number of H-pyrrole nitrogens is 1. The highest BCUT2D eigenvalue weighted by Crippen LogP contribution is 2.28. The van der Waals surface area contributed by atoms with Crippen LogP contribution >= 0.6 is 0 Å². The van der Waals surface area contributed by atoms with Gasteiger partial charge in [0.2, 0.25) is 0 Å². The van der Waals surface area contributed by atoms with E-state index < -0.39 is 0 Å². The first kappa shape index (κ1) is 22.3. The minimum absolute atomic E-state index is 0.253. The Balaban J connectivity index is 1.38. The van der Waals surface area contributed by atoms with Crippen LogP contribution in [0.5, 0.6) is 5.75 Å². The summed E-state index contributed by atoms with van der Waals surface area (Å²) in [5, 5.41) is 5.24. The van der Waals surface area contributed by atoms with Crippen molar-refractivity contribution in [1.82, 2.24) is 10.4 Å². The van der Waals surface area contributed by atoms with Gasteiger partial charge in [0, 0.05) is 27.7 Å². The van der Waals surface area contributed by atoms with Gasteiger partial charge in [0.1, 0.15) is 12.4 Å². The van der Waals surface area contributed by atoms with E-state index in [4.69, 9.17) is 4.74 Å². The Labute approximate surface area is 194 Å². The summed E-state index contributed by atoms with van der Waals surface area (Å²) in [6, 6.07) is 21.7. The number of aromatic amines is 1. The molecule has 0 radical (unpaired) electrons. The van der Waals surface area contributed by atoms with Gasteiger partial charge in [-0.25, -0.2) is 5.43 Å². The predicted octanol–water partition coefficient (Wildman–Crippen LogP) is 6.25. The molecule has 5 heteroatoms. The molecule has 5 nitrogen and oxygen atoms in total. The average Bonchev–Trinajstić information content (AvgIpc) is 3.13. The molecule has 3 aromatic carbocycles. The lowest BCUT2D eigenvalue weighted by Gasteiger charge is -2.15. The quantitative estimate of drug-likeness (QED) is 0.264. The number of aromatic nitrogens is 1. The minimum atomic E-state index is -0.253. The number of hydrogen-bond acceptors (Lipinski definition) is 3. The number of ether oxygens (including phenoxy) is 1. The van der Waals surface area contributed by atoms with Crippen LogP contribution in [0.2, 0.25) is 0 Å². The summed E-state index contributed by atoms with van der Waals surface area (Å²) < 4.78 is 6.09. The molecule has 0 atom stereocenters. The van der Waals surface area contributed by atoms with Gasteiger partial charge in [0.15, 0.2) is 0 Å². The normalized spacial score (nSPS) is 11.4. The first-order chi connectivity index (χ1) is 15.9. The first-order valence-corrected chi connectivity index (χ1v) is 11.2. The molecule has 0 saturated carbocycles. The Kier molecular flexibility index (Phi) is 6.59. The zero-order valence-corrected chi connectivity index (χ0v) is 19.5. The van der Waals surface area contributed by atoms with Crippen LogP contribution in [0, 0.1) is 13.8 Å². The molecule has 2 N–H and O–H groups in total. The van der Waals surface area contributed by atoms with E-state index in [0.29, 0.717) is 18.1 Å². The molecule has 1 aromatic heterocycles. The number of nitrogens with zero attached hydrogens (tertiary/aromatic N) is 1. The molecule has 0 spiro atoms. The molecule has 1 amide bonds. The zero-order chi connectivity index (χ0) is 23.4. The molecule has 4 aromatic rings. The number of para-hydroxylation sites is 1. The number of rotatable bonds is 7. The summed E-state index contributed by atoms with van der Waals surface area (Å²) in [7, 11) is 0. The van der Waals surface area contributed by atoms with Gasteiger partial charge in [-0.2, -0.15) is 5.10 Å². The summed E-state index contributed by atoms with van der Waals surface area (Å²) >= 11 is 0. The maximum absolute atomic E-state index is 12.5. The van der Waals surface area contributed by atoms with Crippen molar-refractivity contribution in [2.45, 2.75) is 40.2 Å². The number of carbonyl (C=O) groups is 1. The van der Waals surface area contributed by atoms with Crippen LogP contribution in [0.4, 0.5) is 0 Å². The second-order valence-corrected chi connectivity index (χ2v) is 8.59. The van der Waals surface area contributed by atoms with E-state index >= 15 is 0 Å². The fourth-order valence-corrected chi connectivity index (χ4v) is 3.84. The van der Waals surface area contributed by atoms with E-state index in [0.717, 1.165) is 33.5 Å². The van der Waals surface area contributed by atoms with Crippen LogP contribution in [0.1, 0.15) is 58.1 Å². The molecular formula is C28H29N3O2. The number of hydrogen-bond donors (Lipinski definition) is 2. The Morgan fingerprint density at radius 1 is 1.06 bits per heavy atom. The first-order valence-electron chi connectivity index (χ1n) is 11.2. The van der Waals surface area contributed by atoms with Gasteiger partial charge in [-0.05, 0) is 60.7 Å². The lowest BCUT2D eigenvalue weighted by Crippen LogP contribution is -2.17. The summed E-state index contributed by atoms with van der Waals surface area (Å²) in [5.41, 5.74) is 9.55. The van der Waals surface area contributed by atoms with Gasteiger partial charge in [0.05, 0.1) is 6.21 Å². The molecule has 0 fully saturated rings. The van der Waals surface area contributed by atoms with Gasteiger partial charge in [-0.1, -0.05) is 56.3 Å². The molecular weight excluding hydrogens is 410 g/mol. The van der Waals surface area contributed by atoms with Gasteiger partial charge in [-0.15, -0.1) is 0 Å². The van der Waals surface area contributed by atoms with Crippen molar-refractivity contribution in [2.75, 3.05) is 0 Å². The van der Waals surface area contributed by atoms with E-state index in [9.17, 15) is 4.79 Å². The van der Waals surface area contributed by atoms with Crippen molar-refractivity contribution in [3.05, 3.63) is 100 Å². The van der Waals surface area contributed by atoms with Crippen molar-refractivity contribution in [2.24, 2.45) is 5.10 Å². The lowest BCUT2D eigenvalue weighted by molar-refractivity contribution is 0.0955. The largest absolute Gasteiger partial charge is 0.489 e. The predicted molar refractivity (Wildman–Crippen MR) is 134 cm³/mol. The molecule has 168 valence electrons. The van der Waals surface area contributed by atoms with Crippen LogP contribution in [-0.4, -0.2) is 17.1 Å². The summed E-state index contributed by atoms with van der Waals surface area (Å²) in [6.45, 7) is 8.82. The van der Waals surface area contributed by atoms with Crippen LogP contribution in [0.25, 0.3) is 10.9 Å². The van der Waals surface area contributed by atoms with E-state index in [1.807, 2.05) is 43.3 Å². The molecule has 33 heavy (non-hydrogen) atoms. The van der Waals surface area contributed by atoms with Crippen molar-refractivity contribution in [3.63, 3.8) is 0 Å². The van der Waals surface area contributed by atoms with Crippen LogP contribution in [0.15, 0.2) is 71.8 Å². The van der Waals surface area contributed by atoms with Crippen LogP contribution in [-0.2, 0) is 6.61 Å². The Morgan fingerprint density at radius 2 is 1.82 bits per heavy atom. The number of fused-ring (bicyclic) bond motifs is 1. The topological polar surface area (TPSA) is 66.5 Å². The highest BCUT2D eigenvalue weighted by atomic mass is 16.5. The fourth-order valence-electron chi connectivity index (χ4n) is 3.84. The Bertz CT molecular complexity index is 1300. The summed E-state index contributed by atoms with van der Waals surface area (Å²) in [4.78, 5) is 15.8. The zero-order valence-electron chi connectivity index (χ0n) is 19.5. The maximum Gasteiger partial charge on any atom is 0.271 e. The molecule has 0 aliphatic rings. The van der Waals surface area contributed by atoms with Gasteiger partial charge in [0.25, 0.3) is 5.91 Å². The van der Waals surface area contributed by atoms with E-state index in [1.165, 1.54) is 11.1 Å². The molecule has 0 saturated heterocycles. The standard InChI is InChI=1S/C28H29N3O2/c1-18(2)23-14-9-19(3)15-27(23)33-17-21-10-12-22(13-11-21)28(32)31-29-16-25-20(4)30-26-8-6-5-7-24(25)26/h5-16,18,30H,17H2,1-4H3,(H,31,32)/b29-16+. The lowest BCUT2D eigenvalue weighted by atomic mass is 10.0. The van der Waals surface area contributed by atoms with Crippen LogP contribution in [0.3, 0.4) is 0 Å². The monoisotopic (exact) mass is 439 g/mol. The highest BCUT2D eigenvalue weighted by molar-refractivity contribution is 6.01. The smallest absolute Gasteiger partial charge is 0.271 e. The molecule has 0 bridgehead atoms. The van der Waals surface area contributed by atoms with Crippen LogP contribution < -0.4 is 10.2 Å². The van der Waals surface area contributed by atoms with Crippen molar-refractivity contribution < 1.29 is 9.53 Å². The number of amides is 1. The highest BCUT2D eigenvalue weighted by Gasteiger charge is 2.10. The SMILES string of the molecule is Cc1ccc(C(C)C)c(OCc2ccc(C(=O)N/N=C/c3c(C)[nH]c4ccccc34)cc2)c1. The molecule has 1 heterocycles. The number of aryl methyl sites for hydroxylation is 2. The number of carbonyl (C=O) groups excluding carboxylic acids is 1. The summed E-state index contributed by atoms with van der Waals surface area (Å²) in [5.74, 6) is 1.05. The van der Waals surface area contributed by atoms with E-state index in [-0.39, 0.29) is 5.91 Å². The van der Waals surface area contributed by atoms with Crippen molar-refractivity contribution in [3.8, 4) is 5.75 Å². The number of hydrazone groups is 1. The maximum atomic E-state index is 12.5. The summed E-state index contributed by atoms with van der Waals surface area (Å²) in [6.07, 6.45) is 1.68. The van der Waals surface area contributed by atoms with E-state index in [2.05, 4.69) is 54.5 Å². The fraction of sp³-hybridized carbons (Fsp3) is 0.214. The third kappa shape index (κ3) is 5.14. The van der Waals surface area contributed by atoms with Crippen molar-refractivity contribution in [1.29, 1.82) is 0 Å². The second-order valence-electron chi connectivity index (χ2n) is 8.59. The van der Waals surface area contributed by atoms with Gasteiger partial charge < -0.3 is 9.72 Å². The molecule has 4 rings (SSSR count). The Morgan fingerprint density at radius 3 is 2.58 bits per heavy atom. The molecule has 0 aliphatic heterocycles. The third-order valence-electron chi connectivity index (χ3n) is 5.70. The second kappa shape index (κ2) is 9.74. The van der Waals surface area contributed by atoms with Gasteiger partial charge >= 0.3 is 0 Å². The molecule has 0 aliphatic carbocycles. The third-order valence-corrected chi connectivity index (χ3v) is 5.70. The minimum Gasteiger partial charge on any atom is -0.489 e. The van der Waals surface area contributed by atoms with E-state index in [1.54, 1.807) is 18.3 Å². The number of benzene rings is 3. The molecule has 0 unspecified atom stereocenters. The average molecular weight is 440 g/mol. The Hall–Kier alpha value is -3.86. The van der Waals surface area contributed by atoms with Crippen molar-refractivity contribution >= 4 is 23.0 Å².